The molecule has 0 aliphatic rings. The molecule has 158 valence electrons. The van der Waals surface area contributed by atoms with Gasteiger partial charge in [-0.1, -0.05) is 59.7 Å². The average Bonchev–Trinajstić information content (AvgIpc) is 3.44. The van der Waals surface area contributed by atoms with E-state index < -0.39 is 6.10 Å². The molecule has 0 bridgehead atoms. The predicted molar refractivity (Wildman–Crippen MR) is 119 cm³/mol. The Morgan fingerprint density at radius 2 is 1.74 bits per heavy atom. The number of aliphatic hydroxyl groups excluding tert-OH is 1. The average molecular weight is 415 g/mol. The maximum atomic E-state index is 13.0. The van der Waals surface area contributed by atoms with Gasteiger partial charge in [-0.05, 0) is 31.5 Å². The first-order valence-corrected chi connectivity index (χ1v) is 10.2. The van der Waals surface area contributed by atoms with E-state index in [0.29, 0.717) is 23.6 Å². The largest absolute Gasteiger partial charge is 0.467 e. The zero-order valence-electron chi connectivity index (χ0n) is 17.6. The molecule has 6 nitrogen and oxygen atoms in total. The van der Waals surface area contributed by atoms with Crippen molar-refractivity contribution in [2.45, 2.75) is 26.5 Å². The SMILES string of the molecule is Cc1ccc(Cn2cc(C(=O)NCC(O)c3ccco3)c(-c3ccc(C)cc3)n2)cc1. The fraction of sp³-hybridized carbons (Fsp3) is 0.200. The number of amides is 1. The summed E-state index contributed by atoms with van der Waals surface area (Å²) in [6.07, 6.45) is 2.33. The summed E-state index contributed by atoms with van der Waals surface area (Å²) < 4.78 is 6.97. The number of aryl methyl sites for hydroxylation is 2. The van der Waals surface area contributed by atoms with Crippen molar-refractivity contribution in [2.24, 2.45) is 0 Å². The molecule has 0 saturated heterocycles. The Morgan fingerprint density at radius 1 is 1.06 bits per heavy atom. The highest BCUT2D eigenvalue weighted by Gasteiger charge is 2.20. The van der Waals surface area contributed by atoms with Gasteiger partial charge in [0.1, 0.15) is 17.6 Å². The number of aliphatic hydroxyl groups is 1. The fourth-order valence-electron chi connectivity index (χ4n) is 3.34. The van der Waals surface area contributed by atoms with Crippen molar-refractivity contribution in [3.05, 3.63) is 101 Å². The van der Waals surface area contributed by atoms with E-state index in [1.165, 1.54) is 11.8 Å². The number of furan rings is 1. The number of rotatable bonds is 7. The van der Waals surface area contributed by atoms with Crippen LogP contribution in [0.4, 0.5) is 0 Å². The summed E-state index contributed by atoms with van der Waals surface area (Å²) in [7, 11) is 0. The Morgan fingerprint density at radius 3 is 2.39 bits per heavy atom. The third-order valence-electron chi connectivity index (χ3n) is 5.12. The van der Waals surface area contributed by atoms with Gasteiger partial charge in [-0.3, -0.25) is 9.48 Å². The van der Waals surface area contributed by atoms with Gasteiger partial charge in [0.15, 0.2) is 0 Å². The molecule has 0 radical (unpaired) electrons. The van der Waals surface area contributed by atoms with Gasteiger partial charge in [-0.25, -0.2) is 0 Å². The lowest BCUT2D eigenvalue weighted by molar-refractivity contribution is 0.0901. The molecule has 0 spiro atoms. The maximum absolute atomic E-state index is 13.0. The molecule has 0 aliphatic carbocycles. The highest BCUT2D eigenvalue weighted by molar-refractivity contribution is 5.99. The fourth-order valence-corrected chi connectivity index (χ4v) is 3.34. The van der Waals surface area contributed by atoms with Crippen molar-refractivity contribution < 1.29 is 14.3 Å². The van der Waals surface area contributed by atoms with Gasteiger partial charge in [0.05, 0.1) is 24.9 Å². The molecular formula is C25H25N3O3. The zero-order chi connectivity index (χ0) is 21.8. The Kier molecular flexibility index (Phi) is 6.00. The van der Waals surface area contributed by atoms with E-state index in [4.69, 9.17) is 9.52 Å². The maximum Gasteiger partial charge on any atom is 0.255 e. The van der Waals surface area contributed by atoms with Gasteiger partial charge in [0, 0.05) is 11.8 Å². The van der Waals surface area contributed by atoms with Crippen molar-refractivity contribution in [3.63, 3.8) is 0 Å². The molecule has 6 heteroatoms. The lowest BCUT2D eigenvalue weighted by Gasteiger charge is -2.09. The molecule has 1 amide bonds. The quantitative estimate of drug-likeness (QED) is 0.472. The number of hydrogen-bond donors (Lipinski definition) is 2. The van der Waals surface area contributed by atoms with Crippen LogP contribution in [0.2, 0.25) is 0 Å². The van der Waals surface area contributed by atoms with Crippen LogP contribution in [-0.2, 0) is 6.54 Å². The first-order chi connectivity index (χ1) is 15.0. The molecule has 2 aromatic heterocycles. The van der Waals surface area contributed by atoms with Gasteiger partial charge < -0.3 is 14.8 Å². The van der Waals surface area contributed by atoms with E-state index in [0.717, 1.165) is 16.7 Å². The number of hydrogen-bond acceptors (Lipinski definition) is 4. The van der Waals surface area contributed by atoms with E-state index in [1.54, 1.807) is 23.0 Å². The van der Waals surface area contributed by atoms with Gasteiger partial charge in [-0.2, -0.15) is 5.10 Å². The molecular weight excluding hydrogens is 390 g/mol. The summed E-state index contributed by atoms with van der Waals surface area (Å²) in [5, 5.41) is 17.7. The highest BCUT2D eigenvalue weighted by Crippen LogP contribution is 2.23. The molecule has 2 N–H and O–H groups in total. The monoisotopic (exact) mass is 415 g/mol. The van der Waals surface area contributed by atoms with Crippen LogP contribution in [0.25, 0.3) is 11.3 Å². The standard InChI is InChI=1S/C25H25N3O3/c1-17-5-9-19(10-6-17)15-28-16-21(24(27-28)20-11-7-18(2)8-12-20)25(30)26-14-22(29)23-4-3-13-31-23/h3-13,16,22,29H,14-15H2,1-2H3,(H,26,30). The Bertz CT molecular complexity index is 1140. The highest BCUT2D eigenvalue weighted by atomic mass is 16.4. The number of carbonyl (C=O) groups is 1. The second-order valence-electron chi connectivity index (χ2n) is 7.68. The zero-order valence-corrected chi connectivity index (χ0v) is 17.6. The predicted octanol–water partition coefficient (Wildman–Crippen LogP) is 4.27. The van der Waals surface area contributed by atoms with Gasteiger partial charge in [-0.15, -0.1) is 0 Å². The van der Waals surface area contributed by atoms with Crippen LogP contribution in [0.3, 0.4) is 0 Å². The van der Waals surface area contributed by atoms with Gasteiger partial charge in [0.2, 0.25) is 0 Å². The van der Waals surface area contributed by atoms with Crippen LogP contribution in [0, 0.1) is 13.8 Å². The van der Waals surface area contributed by atoms with Crippen LogP contribution in [0.5, 0.6) is 0 Å². The smallest absolute Gasteiger partial charge is 0.255 e. The molecule has 4 rings (SSSR count). The third kappa shape index (κ3) is 4.92. The lowest BCUT2D eigenvalue weighted by atomic mass is 10.1. The minimum Gasteiger partial charge on any atom is -0.467 e. The Balaban J connectivity index is 1.59. The van der Waals surface area contributed by atoms with Crippen LogP contribution >= 0.6 is 0 Å². The summed E-state index contributed by atoms with van der Waals surface area (Å²) >= 11 is 0. The van der Waals surface area contributed by atoms with E-state index in [2.05, 4.69) is 29.6 Å². The summed E-state index contributed by atoms with van der Waals surface area (Å²) in [5.41, 5.74) is 5.36. The van der Waals surface area contributed by atoms with Crippen molar-refractivity contribution in [1.29, 1.82) is 0 Å². The van der Waals surface area contributed by atoms with Crippen LogP contribution in [0.1, 0.15) is 38.9 Å². The van der Waals surface area contributed by atoms with E-state index in [9.17, 15) is 9.90 Å². The molecule has 0 fully saturated rings. The normalized spacial score (nSPS) is 12.0. The first-order valence-electron chi connectivity index (χ1n) is 10.2. The minimum absolute atomic E-state index is 0.0445. The topological polar surface area (TPSA) is 80.3 Å². The molecule has 1 atom stereocenters. The lowest BCUT2D eigenvalue weighted by Crippen LogP contribution is -2.28. The van der Waals surface area contributed by atoms with Gasteiger partial charge >= 0.3 is 0 Å². The summed E-state index contributed by atoms with van der Waals surface area (Å²) in [6.45, 7) is 4.67. The van der Waals surface area contributed by atoms with Crippen molar-refractivity contribution in [2.75, 3.05) is 6.54 Å². The molecule has 1 unspecified atom stereocenters. The number of nitrogens with one attached hydrogen (secondary N) is 1. The molecule has 2 heterocycles. The number of aromatic nitrogens is 2. The molecule has 4 aromatic rings. The van der Waals surface area contributed by atoms with E-state index in [-0.39, 0.29) is 12.5 Å². The summed E-state index contributed by atoms with van der Waals surface area (Å²) in [5.74, 6) is 0.116. The van der Waals surface area contributed by atoms with Gasteiger partial charge in [0.25, 0.3) is 5.91 Å². The van der Waals surface area contributed by atoms with Crippen molar-refractivity contribution >= 4 is 5.91 Å². The second kappa shape index (κ2) is 9.02. The summed E-state index contributed by atoms with van der Waals surface area (Å²) in [6, 6.07) is 19.5. The number of benzene rings is 2. The first kappa shape index (κ1) is 20.6. The van der Waals surface area contributed by atoms with Crippen LogP contribution in [0.15, 0.2) is 77.5 Å². The minimum atomic E-state index is -0.913. The van der Waals surface area contributed by atoms with Crippen LogP contribution < -0.4 is 5.32 Å². The Labute approximate surface area is 181 Å². The molecule has 0 saturated carbocycles. The summed E-state index contributed by atoms with van der Waals surface area (Å²) in [4.78, 5) is 13.0. The molecule has 0 aliphatic heterocycles. The van der Waals surface area contributed by atoms with Crippen molar-refractivity contribution in [3.8, 4) is 11.3 Å². The van der Waals surface area contributed by atoms with E-state index in [1.807, 2.05) is 38.1 Å². The number of nitrogens with zero attached hydrogens (tertiary/aromatic N) is 2. The van der Waals surface area contributed by atoms with E-state index >= 15 is 0 Å². The second-order valence-corrected chi connectivity index (χ2v) is 7.68. The Hall–Kier alpha value is -3.64. The van der Waals surface area contributed by atoms with Crippen LogP contribution in [-0.4, -0.2) is 27.3 Å². The molecule has 31 heavy (non-hydrogen) atoms. The van der Waals surface area contributed by atoms with Crippen molar-refractivity contribution in [1.82, 2.24) is 15.1 Å². The number of carbonyl (C=O) groups excluding carboxylic acids is 1. The molecule has 2 aromatic carbocycles. The third-order valence-corrected chi connectivity index (χ3v) is 5.12.